The number of pyridine rings is 1. The van der Waals surface area contributed by atoms with Crippen LogP contribution in [0, 0.1) is 13.8 Å². The van der Waals surface area contributed by atoms with Gasteiger partial charge in [-0.05, 0) is 67.7 Å². The smallest absolute Gasteiger partial charge is 0.224 e. The van der Waals surface area contributed by atoms with Crippen LogP contribution in [-0.4, -0.2) is 39.1 Å². The zero-order valence-corrected chi connectivity index (χ0v) is 17.3. The van der Waals surface area contributed by atoms with Gasteiger partial charge >= 0.3 is 0 Å². The summed E-state index contributed by atoms with van der Waals surface area (Å²) in [6.45, 7) is 4.45. The molecule has 0 saturated carbocycles. The molecule has 1 aromatic carbocycles. The highest BCUT2D eigenvalue weighted by Gasteiger charge is 2.20. The van der Waals surface area contributed by atoms with E-state index in [0.717, 1.165) is 29.4 Å². The summed E-state index contributed by atoms with van der Waals surface area (Å²) >= 11 is 1.74. The third kappa shape index (κ3) is 5.04. The number of hydrogen-bond donors (Lipinski definition) is 1. The molecule has 0 aliphatic carbocycles. The lowest BCUT2D eigenvalue weighted by atomic mass is 10.1. The second-order valence-corrected chi connectivity index (χ2v) is 7.72. The number of aryl methyl sites for hydroxylation is 2. The summed E-state index contributed by atoms with van der Waals surface area (Å²) in [5.74, 6) is 2.42. The molecule has 0 radical (unpaired) electrons. The summed E-state index contributed by atoms with van der Waals surface area (Å²) in [5, 5.41) is 11.6. The number of fused-ring (bicyclic) bond motifs is 1. The third-order valence-electron chi connectivity index (χ3n) is 4.67. The molecule has 1 N–H and O–H groups in total. The molecule has 0 saturated heterocycles. The number of nitrogens with one attached hydrogen (secondary N) is 1. The number of rotatable bonds is 9. The highest BCUT2D eigenvalue weighted by Crippen LogP contribution is 2.19. The summed E-state index contributed by atoms with van der Waals surface area (Å²) in [6.07, 6.45) is 5.06. The van der Waals surface area contributed by atoms with E-state index in [0.29, 0.717) is 13.0 Å². The Bertz CT molecular complexity index is 941. The SMILES string of the molecule is CSCCC(NC(=O)CCOc1ccc(C)c(C)c1)c1nnc2ccccn12. The number of thioether (sulfide) groups is 1. The predicted octanol–water partition coefficient (Wildman–Crippen LogP) is 3.73. The average molecular weight is 399 g/mol. The number of ether oxygens (including phenoxy) is 1. The van der Waals surface area contributed by atoms with Crippen molar-refractivity contribution < 1.29 is 9.53 Å². The molecule has 6 nitrogen and oxygen atoms in total. The number of amides is 1. The Morgan fingerprint density at radius 2 is 2.07 bits per heavy atom. The molecule has 0 fully saturated rings. The van der Waals surface area contributed by atoms with Crippen LogP contribution in [0.2, 0.25) is 0 Å². The minimum absolute atomic E-state index is 0.0531. The van der Waals surface area contributed by atoms with E-state index in [1.807, 2.05) is 53.9 Å². The largest absolute Gasteiger partial charge is 0.493 e. The summed E-state index contributed by atoms with van der Waals surface area (Å²) in [4.78, 5) is 12.5. The second-order valence-electron chi connectivity index (χ2n) is 6.73. The molecular weight excluding hydrogens is 372 g/mol. The van der Waals surface area contributed by atoms with Crippen LogP contribution in [0.15, 0.2) is 42.6 Å². The number of benzene rings is 1. The lowest BCUT2D eigenvalue weighted by Gasteiger charge is -2.17. The van der Waals surface area contributed by atoms with Gasteiger partial charge in [0.05, 0.1) is 19.1 Å². The van der Waals surface area contributed by atoms with E-state index in [9.17, 15) is 4.79 Å². The van der Waals surface area contributed by atoms with Crippen LogP contribution in [0.4, 0.5) is 0 Å². The summed E-state index contributed by atoms with van der Waals surface area (Å²) < 4.78 is 7.67. The summed E-state index contributed by atoms with van der Waals surface area (Å²) in [6, 6.07) is 11.5. The Kier molecular flexibility index (Phi) is 6.92. The molecule has 2 heterocycles. The molecule has 2 aromatic heterocycles. The minimum atomic E-state index is -0.182. The predicted molar refractivity (Wildman–Crippen MR) is 113 cm³/mol. The van der Waals surface area contributed by atoms with Crippen molar-refractivity contribution in [3.05, 3.63) is 59.5 Å². The zero-order chi connectivity index (χ0) is 19.9. The van der Waals surface area contributed by atoms with Crippen LogP contribution in [0.1, 0.15) is 35.8 Å². The second kappa shape index (κ2) is 9.59. The topological polar surface area (TPSA) is 68.5 Å². The van der Waals surface area contributed by atoms with Gasteiger partial charge in [0.2, 0.25) is 5.91 Å². The van der Waals surface area contributed by atoms with Crippen LogP contribution in [0.25, 0.3) is 5.65 Å². The van der Waals surface area contributed by atoms with Gasteiger partial charge in [0.15, 0.2) is 11.5 Å². The fourth-order valence-electron chi connectivity index (χ4n) is 2.93. The van der Waals surface area contributed by atoms with Crippen molar-refractivity contribution >= 4 is 23.3 Å². The molecule has 3 aromatic rings. The minimum Gasteiger partial charge on any atom is -0.493 e. The van der Waals surface area contributed by atoms with E-state index in [1.54, 1.807) is 11.8 Å². The van der Waals surface area contributed by atoms with Gasteiger partial charge in [-0.25, -0.2) is 0 Å². The Morgan fingerprint density at radius 1 is 1.21 bits per heavy atom. The Balaban J connectivity index is 1.60. The normalized spacial score (nSPS) is 12.1. The fraction of sp³-hybridized carbons (Fsp3) is 0.381. The van der Waals surface area contributed by atoms with Crippen LogP contribution in [-0.2, 0) is 4.79 Å². The molecule has 0 aliphatic heterocycles. The lowest BCUT2D eigenvalue weighted by molar-refractivity contribution is -0.122. The molecule has 3 rings (SSSR count). The van der Waals surface area contributed by atoms with E-state index in [4.69, 9.17) is 4.74 Å². The fourth-order valence-corrected chi connectivity index (χ4v) is 3.40. The van der Waals surface area contributed by atoms with Crippen molar-refractivity contribution in [1.82, 2.24) is 19.9 Å². The number of aromatic nitrogens is 3. The van der Waals surface area contributed by atoms with E-state index >= 15 is 0 Å². The maximum Gasteiger partial charge on any atom is 0.224 e. The molecule has 0 bridgehead atoms. The Labute approximate surface area is 169 Å². The molecule has 7 heteroatoms. The standard InChI is InChI=1S/C21H26N4O2S/c1-15-7-8-17(14-16(15)2)27-12-9-20(26)22-18(10-13-28-3)21-24-23-19-6-4-5-11-25(19)21/h4-8,11,14,18H,9-10,12-13H2,1-3H3,(H,22,26). The summed E-state index contributed by atoms with van der Waals surface area (Å²) in [7, 11) is 0. The van der Waals surface area contributed by atoms with Gasteiger partial charge in [-0.2, -0.15) is 11.8 Å². The molecular formula is C21H26N4O2S. The zero-order valence-electron chi connectivity index (χ0n) is 16.5. The van der Waals surface area contributed by atoms with Gasteiger partial charge < -0.3 is 10.1 Å². The van der Waals surface area contributed by atoms with Gasteiger partial charge in [-0.1, -0.05) is 12.1 Å². The molecule has 0 aliphatic rings. The highest BCUT2D eigenvalue weighted by molar-refractivity contribution is 7.98. The van der Waals surface area contributed by atoms with Crippen molar-refractivity contribution in [3.63, 3.8) is 0 Å². The highest BCUT2D eigenvalue weighted by atomic mass is 32.2. The first-order chi connectivity index (χ1) is 13.6. The quantitative estimate of drug-likeness (QED) is 0.595. The first-order valence-corrected chi connectivity index (χ1v) is 10.8. The van der Waals surface area contributed by atoms with Gasteiger partial charge in [0, 0.05) is 6.20 Å². The van der Waals surface area contributed by atoms with Crippen LogP contribution in [0.3, 0.4) is 0 Å². The monoisotopic (exact) mass is 398 g/mol. The lowest BCUT2D eigenvalue weighted by Crippen LogP contribution is -2.31. The molecule has 1 atom stereocenters. The van der Waals surface area contributed by atoms with E-state index in [-0.39, 0.29) is 11.9 Å². The first-order valence-electron chi connectivity index (χ1n) is 9.36. The van der Waals surface area contributed by atoms with Crippen LogP contribution >= 0.6 is 11.8 Å². The van der Waals surface area contributed by atoms with Gasteiger partial charge in [-0.15, -0.1) is 10.2 Å². The molecule has 28 heavy (non-hydrogen) atoms. The van der Waals surface area contributed by atoms with Gasteiger partial charge in [0.1, 0.15) is 5.75 Å². The van der Waals surface area contributed by atoms with Crippen molar-refractivity contribution in [1.29, 1.82) is 0 Å². The Morgan fingerprint density at radius 3 is 2.86 bits per heavy atom. The van der Waals surface area contributed by atoms with Crippen LogP contribution in [0.5, 0.6) is 5.75 Å². The molecule has 0 spiro atoms. The number of carbonyl (C=O) groups excluding carboxylic acids is 1. The van der Waals surface area contributed by atoms with Crippen molar-refractivity contribution in [2.24, 2.45) is 0 Å². The Hall–Kier alpha value is -2.54. The molecule has 1 amide bonds. The van der Waals surface area contributed by atoms with Gasteiger partial charge in [-0.3, -0.25) is 9.20 Å². The van der Waals surface area contributed by atoms with E-state index < -0.39 is 0 Å². The summed E-state index contributed by atoms with van der Waals surface area (Å²) in [5.41, 5.74) is 3.18. The molecule has 148 valence electrons. The van der Waals surface area contributed by atoms with Crippen LogP contribution < -0.4 is 10.1 Å². The maximum atomic E-state index is 12.5. The van der Waals surface area contributed by atoms with E-state index in [2.05, 4.69) is 28.7 Å². The number of carbonyl (C=O) groups is 1. The number of hydrogen-bond acceptors (Lipinski definition) is 5. The van der Waals surface area contributed by atoms with Crippen molar-refractivity contribution in [3.8, 4) is 5.75 Å². The van der Waals surface area contributed by atoms with E-state index in [1.165, 1.54) is 11.1 Å². The number of nitrogens with zero attached hydrogens (tertiary/aromatic N) is 3. The van der Waals surface area contributed by atoms with Gasteiger partial charge in [0.25, 0.3) is 0 Å². The van der Waals surface area contributed by atoms with Crippen molar-refractivity contribution in [2.75, 3.05) is 18.6 Å². The first kappa shape index (κ1) is 20.2. The van der Waals surface area contributed by atoms with Crippen molar-refractivity contribution in [2.45, 2.75) is 32.7 Å². The maximum absolute atomic E-state index is 12.5. The average Bonchev–Trinajstić information content (AvgIpc) is 3.12. The molecule has 1 unspecified atom stereocenters. The third-order valence-corrected chi connectivity index (χ3v) is 5.32.